The van der Waals surface area contributed by atoms with E-state index in [-0.39, 0.29) is 30.3 Å². The highest BCUT2D eigenvalue weighted by Crippen LogP contribution is 2.53. The summed E-state index contributed by atoms with van der Waals surface area (Å²) in [5.41, 5.74) is 0.433. The van der Waals surface area contributed by atoms with Crippen molar-refractivity contribution in [2.45, 2.75) is 95.7 Å². The smallest absolute Gasteiger partial charge is 0.311 e. The van der Waals surface area contributed by atoms with Crippen molar-refractivity contribution in [1.29, 1.82) is 0 Å². The Hall–Kier alpha value is -1.43. The molecule has 0 unspecified atom stereocenters. The van der Waals surface area contributed by atoms with E-state index in [1.54, 1.807) is 0 Å². The van der Waals surface area contributed by atoms with E-state index in [0.29, 0.717) is 18.0 Å². The monoisotopic (exact) mass is 361 g/mol. The summed E-state index contributed by atoms with van der Waals surface area (Å²) < 4.78 is 0. The molecule has 6 heteroatoms. The lowest BCUT2D eigenvalue weighted by Gasteiger charge is -2.53. The Kier molecular flexibility index (Phi) is 4.80. The molecule has 1 aliphatic heterocycles. The first-order valence-electron chi connectivity index (χ1n) is 10.4. The van der Waals surface area contributed by atoms with Crippen LogP contribution in [-0.4, -0.2) is 52.3 Å². The molecular weight excluding hydrogens is 330 g/mol. The Bertz CT molecular complexity index is 585. The van der Waals surface area contributed by atoms with Gasteiger partial charge in [0.25, 0.3) is 0 Å². The maximum absolute atomic E-state index is 12.8. The van der Waals surface area contributed by atoms with Gasteiger partial charge in [-0.3, -0.25) is 19.4 Å². The van der Waals surface area contributed by atoms with Crippen molar-refractivity contribution in [3.8, 4) is 0 Å². The van der Waals surface area contributed by atoms with Gasteiger partial charge in [-0.15, -0.1) is 0 Å². The number of nitrogens with one attached hydrogen (secondary N) is 1. The van der Waals surface area contributed by atoms with Crippen molar-refractivity contribution < 1.29 is 14.4 Å². The maximum atomic E-state index is 12.8. The maximum Gasteiger partial charge on any atom is 0.333 e. The SMILES string of the molecule is CCCCN1C(=O)CC(=O)N(C2CCC3(CC2)CC(NC2CC2)C3)C1=O. The zero-order valence-corrected chi connectivity index (χ0v) is 15.8. The largest absolute Gasteiger partial charge is 0.333 e. The van der Waals surface area contributed by atoms with Crippen molar-refractivity contribution in [3.05, 3.63) is 0 Å². The second-order valence-electron chi connectivity index (χ2n) is 8.90. The lowest BCUT2D eigenvalue weighted by Crippen LogP contribution is -2.60. The molecule has 0 aromatic heterocycles. The number of carbonyl (C=O) groups is 3. The van der Waals surface area contributed by atoms with E-state index >= 15 is 0 Å². The topological polar surface area (TPSA) is 69.7 Å². The number of amides is 4. The molecule has 144 valence electrons. The first-order valence-corrected chi connectivity index (χ1v) is 10.4. The number of nitrogens with zero attached hydrogens (tertiary/aromatic N) is 2. The molecule has 1 saturated heterocycles. The third-order valence-corrected chi connectivity index (χ3v) is 6.83. The fourth-order valence-corrected chi connectivity index (χ4v) is 5.12. The number of hydrogen-bond acceptors (Lipinski definition) is 4. The second kappa shape index (κ2) is 6.95. The fourth-order valence-electron chi connectivity index (χ4n) is 5.12. The third-order valence-electron chi connectivity index (χ3n) is 6.83. The van der Waals surface area contributed by atoms with E-state index in [2.05, 4.69) is 5.32 Å². The van der Waals surface area contributed by atoms with Gasteiger partial charge in [0.1, 0.15) is 6.42 Å². The van der Waals surface area contributed by atoms with Crippen molar-refractivity contribution in [1.82, 2.24) is 15.1 Å². The Morgan fingerprint density at radius 1 is 1.00 bits per heavy atom. The van der Waals surface area contributed by atoms with Crippen LogP contribution in [0.1, 0.15) is 77.6 Å². The first-order chi connectivity index (χ1) is 12.5. The van der Waals surface area contributed by atoms with E-state index in [9.17, 15) is 14.4 Å². The fraction of sp³-hybridized carbons (Fsp3) is 0.850. The van der Waals surface area contributed by atoms with Gasteiger partial charge in [0.15, 0.2) is 0 Å². The highest BCUT2D eigenvalue weighted by molar-refractivity contribution is 6.14. The van der Waals surface area contributed by atoms with Gasteiger partial charge in [0.05, 0.1) is 0 Å². The number of imide groups is 2. The van der Waals surface area contributed by atoms with Gasteiger partial charge in [-0.2, -0.15) is 0 Å². The predicted molar refractivity (Wildman–Crippen MR) is 97.3 cm³/mol. The molecule has 1 spiro atoms. The van der Waals surface area contributed by atoms with E-state index in [1.807, 2.05) is 6.92 Å². The summed E-state index contributed by atoms with van der Waals surface area (Å²) in [6, 6.07) is 1.05. The predicted octanol–water partition coefficient (Wildman–Crippen LogP) is 2.81. The number of rotatable bonds is 6. The van der Waals surface area contributed by atoms with Gasteiger partial charge in [-0.05, 0) is 63.2 Å². The summed E-state index contributed by atoms with van der Waals surface area (Å²) in [7, 11) is 0. The first kappa shape index (κ1) is 18.0. The van der Waals surface area contributed by atoms with Crippen LogP contribution in [0.3, 0.4) is 0 Å². The summed E-state index contributed by atoms with van der Waals surface area (Å²) in [6.07, 6.45) is 10.7. The van der Waals surface area contributed by atoms with Crippen molar-refractivity contribution in [2.24, 2.45) is 5.41 Å². The summed E-state index contributed by atoms with van der Waals surface area (Å²) in [5.74, 6) is -0.624. The number of carbonyl (C=O) groups excluding carboxylic acids is 3. The minimum absolute atomic E-state index is 0.0201. The molecule has 3 aliphatic carbocycles. The van der Waals surface area contributed by atoms with Gasteiger partial charge < -0.3 is 5.32 Å². The molecule has 0 aromatic rings. The van der Waals surface area contributed by atoms with Gasteiger partial charge >= 0.3 is 6.03 Å². The van der Waals surface area contributed by atoms with Gasteiger partial charge in [0.2, 0.25) is 11.8 Å². The van der Waals surface area contributed by atoms with Crippen LogP contribution in [0.25, 0.3) is 0 Å². The lowest BCUT2D eigenvalue weighted by molar-refractivity contribution is -0.145. The van der Waals surface area contributed by atoms with Gasteiger partial charge in [-0.1, -0.05) is 13.3 Å². The molecule has 0 bridgehead atoms. The zero-order valence-electron chi connectivity index (χ0n) is 15.8. The molecule has 1 heterocycles. The van der Waals surface area contributed by atoms with Crippen LogP contribution in [0, 0.1) is 5.41 Å². The Morgan fingerprint density at radius 3 is 2.31 bits per heavy atom. The van der Waals surface area contributed by atoms with Crippen molar-refractivity contribution in [2.75, 3.05) is 6.54 Å². The van der Waals surface area contributed by atoms with Crippen molar-refractivity contribution >= 4 is 17.8 Å². The van der Waals surface area contributed by atoms with E-state index in [4.69, 9.17) is 0 Å². The van der Waals surface area contributed by atoms with Crippen LogP contribution in [0.2, 0.25) is 0 Å². The molecule has 0 aromatic carbocycles. The van der Waals surface area contributed by atoms with Crippen molar-refractivity contribution in [3.63, 3.8) is 0 Å². The zero-order chi connectivity index (χ0) is 18.3. The summed E-state index contributed by atoms with van der Waals surface area (Å²) in [6.45, 7) is 2.47. The van der Waals surface area contributed by atoms with E-state index in [1.165, 1.54) is 35.5 Å². The average Bonchev–Trinajstić information content (AvgIpc) is 3.39. The molecule has 3 saturated carbocycles. The molecule has 6 nitrogen and oxygen atoms in total. The molecule has 1 N–H and O–H groups in total. The van der Waals surface area contributed by atoms with Gasteiger partial charge in [-0.25, -0.2) is 4.79 Å². The van der Waals surface area contributed by atoms with Crippen LogP contribution in [0.5, 0.6) is 0 Å². The van der Waals surface area contributed by atoms with Crippen LogP contribution in [-0.2, 0) is 9.59 Å². The number of unbranched alkanes of at least 4 members (excludes halogenated alkanes) is 1. The van der Waals surface area contributed by atoms with Crippen LogP contribution in [0.15, 0.2) is 0 Å². The molecule has 26 heavy (non-hydrogen) atoms. The molecule has 0 radical (unpaired) electrons. The normalized spacial score (nSPS) is 35.2. The Balaban J connectivity index is 1.33. The number of urea groups is 1. The number of hydrogen-bond donors (Lipinski definition) is 1. The molecule has 4 aliphatic rings. The van der Waals surface area contributed by atoms with Crippen LogP contribution >= 0.6 is 0 Å². The van der Waals surface area contributed by atoms with Gasteiger partial charge in [0, 0.05) is 24.7 Å². The minimum Gasteiger partial charge on any atom is -0.311 e. The van der Waals surface area contributed by atoms with Crippen LogP contribution < -0.4 is 5.32 Å². The molecular formula is C20H31N3O3. The van der Waals surface area contributed by atoms with E-state index in [0.717, 1.165) is 44.6 Å². The number of barbiturate groups is 1. The lowest BCUT2D eigenvalue weighted by atomic mass is 9.57. The third kappa shape index (κ3) is 3.40. The highest BCUT2D eigenvalue weighted by Gasteiger charge is 2.50. The molecule has 4 amide bonds. The summed E-state index contributed by atoms with van der Waals surface area (Å²) in [4.78, 5) is 40.0. The van der Waals surface area contributed by atoms with E-state index < -0.39 is 0 Å². The average molecular weight is 361 g/mol. The van der Waals surface area contributed by atoms with Crippen LogP contribution in [0.4, 0.5) is 4.79 Å². The minimum atomic E-state index is -0.373. The second-order valence-corrected chi connectivity index (χ2v) is 8.90. The Morgan fingerprint density at radius 2 is 1.69 bits per heavy atom. The quantitative estimate of drug-likeness (QED) is 0.739. The molecule has 4 rings (SSSR count). The highest BCUT2D eigenvalue weighted by atomic mass is 16.2. The molecule has 0 atom stereocenters. The summed E-state index contributed by atoms with van der Waals surface area (Å²) >= 11 is 0. The standard InChI is InChI=1S/C20H31N3O3/c1-2-3-10-22-17(24)11-18(25)23(19(22)26)16-6-8-20(9-7-16)12-15(13-20)21-14-4-5-14/h14-16,21H,2-13H2,1H3. The molecule has 4 fully saturated rings. The Labute approximate surface area is 155 Å². The summed E-state index contributed by atoms with van der Waals surface area (Å²) in [5, 5.41) is 3.72.